The van der Waals surface area contributed by atoms with Gasteiger partial charge in [0.15, 0.2) is 0 Å². The minimum Gasteiger partial charge on any atom is -0.337 e. The Kier molecular flexibility index (Phi) is 6.38. The van der Waals surface area contributed by atoms with Gasteiger partial charge >= 0.3 is 6.18 Å². The van der Waals surface area contributed by atoms with Crippen molar-refractivity contribution in [2.75, 3.05) is 13.6 Å². The van der Waals surface area contributed by atoms with Crippen molar-refractivity contribution in [2.45, 2.75) is 39.0 Å². The van der Waals surface area contributed by atoms with Gasteiger partial charge in [-0.1, -0.05) is 26.0 Å². The van der Waals surface area contributed by atoms with Crippen LogP contribution in [-0.2, 0) is 17.5 Å². The van der Waals surface area contributed by atoms with Crippen LogP contribution in [0, 0.1) is 17.2 Å². The molecule has 0 heterocycles. The Hall–Kier alpha value is -2.07. The standard InChI is InChI=1S/C17H22F3N3O/c1-12(2)16(3,11-21)22-15(24)10-23(4)9-13-5-7-14(8-6-13)17(18,19)20/h5-8,12H,9-10H2,1-4H3,(H,22,24). The van der Waals surface area contributed by atoms with Crippen LogP contribution in [0.4, 0.5) is 13.2 Å². The maximum atomic E-state index is 12.5. The highest BCUT2D eigenvalue weighted by Crippen LogP contribution is 2.29. The fourth-order valence-electron chi connectivity index (χ4n) is 2.04. The second-order valence-electron chi connectivity index (χ2n) is 6.38. The summed E-state index contributed by atoms with van der Waals surface area (Å²) < 4.78 is 37.6. The fraction of sp³-hybridized carbons (Fsp3) is 0.529. The molecule has 4 nitrogen and oxygen atoms in total. The molecule has 1 amide bonds. The van der Waals surface area contributed by atoms with Crippen molar-refractivity contribution in [3.8, 4) is 6.07 Å². The van der Waals surface area contributed by atoms with E-state index in [-0.39, 0.29) is 18.4 Å². The number of hydrogen-bond donors (Lipinski definition) is 1. The second kappa shape index (κ2) is 7.67. The van der Waals surface area contributed by atoms with Crippen molar-refractivity contribution >= 4 is 5.91 Å². The van der Waals surface area contributed by atoms with E-state index in [4.69, 9.17) is 0 Å². The molecule has 0 aliphatic rings. The molecule has 0 fully saturated rings. The molecule has 0 saturated heterocycles. The SMILES string of the molecule is CC(C)C(C)(C#N)NC(=O)CN(C)Cc1ccc(C(F)(F)F)cc1. The van der Waals surface area contributed by atoms with Crippen LogP contribution >= 0.6 is 0 Å². The zero-order valence-corrected chi connectivity index (χ0v) is 14.2. The monoisotopic (exact) mass is 341 g/mol. The van der Waals surface area contributed by atoms with Gasteiger partial charge in [-0.25, -0.2) is 0 Å². The van der Waals surface area contributed by atoms with Gasteiger partial charge in [-0.15, -0.1) is 0 Å². The van der Waals surface area contributed by atoms with Gasteiger partial charge in [0.25, 0.3) is 0 Å². The largest absolute Gasteiger partial charge is 0.416 e. The number of nitrogens with zero attached hydrogens (tertiary/aromatic N) is 2. The third-order valence-electron chi connectivity index (χ3n) is 3.93. The van der Waals surface area contributed by atoms with Crippen LogP contribution in [0.5, 0.6) is 0 Å². The minimum atomic E-state index is -4.36. The molecule has 1 aromatic carbocycles. The van der Waals surface area contributed by atoms with E-state index in [2.05, 4.69) is 11.4 Å². The minimum absolute atomic E-state index is 0.0466. The van der Waals surface area contributed by atoms with Gasteiger partial charge in [-0.3, -0.25) is 9.69 Å². The van der Waals surface area contributed by atoms with E-state index >= 15 is 0 Å². The van der Waals surface area contributed by atoms with Gasteiger partial charge in [-0.05, 0) is 37.6 Å². The molecule has 0 spiro atoms. The second-order valence-corrected chi connectivity index (χ2v) is 6.38. The molecule has 1 atom stereocenters. The Labute approximate surface area is 140 Å². The smallest absolute Gasteiger partial charge is 0.337 e. The third-order valence-corrected chi connectivity index (χ3v) is 3.93. The zero-order valence-electron chi connectivity index (χ0n) is 14.2. The van der Waals surface area contributed by atoms with Crippen molar-refractivity contribution in [2.24, 2.45) is 5.92 Å². The number of rotatable bonds is 6. The maximum absolute atomic E-state index is 12.5. The molecule has 7 heteroatoms. The number of benzene rings is 1. The summed E-state index contributed by atoms with van der Waals surface area (Å²) in [6.07, 6.45) is -4.36. The Bertz CT molecular complexity index is 605. The normalized spacial score (nSPS) is 14.3. The van der Waals surface area contributed by atoms with Crippen molar-refractivity contribution in [1.29, 1.82) is 5.26 Å². The summed E-state index contributed by atoms with van der Waals surface area (Å²) in [7, 11) is 1.69. The first-order valence-electron chi connectivity index (χ1n) is 7.55. The molecule has 24 heavy (non-hydrogen) atoms. The van der Waals surface area contributed by atoms with Crippen LogP contribution in [0.1, 0.15) is 31.9 Å². The van der Waals surface area contributed by atoms with Gasteiger partial charge in [0.2, 0.25) is 5.91 Å². The molecule has 0 saturated carbocycles. The molecule has 0 radical (unpaired) electrons. The van der Waals surface area contributed by atoms with Crippen molar-refractivity contribution in [3.05, 3.63) is 35.4 Å². The lowest BCUT2D eigenvalue weighted by molar-refractivity contribution is -0.137. The number of likely N-dealkylation sites (N-methyl/N-ethyl adjacent to an activating group) is 1. The molecule has 0 aromatic heterocycles. The van der Waals surface area contributed by atoms with Crippen molar-refractivity contribution in [3.63, 3.8) is 0 Å². The molecule has 0 aliphatic heterocycles. The Morgan fingerprint density at radius 1 is 1.29 bits per heavy atom. The summed E-state index contributed by atoms with van der Waals surface area (Å²) in [6, 6.07) is 6.93. The molecule has 132 valence electrons. The molecule has 1 N–H and O–H groups in total. The number of halogens is 3. The Morgan fingerprint density at radius 3 is 2.25 bits per heavy atom. The van der Waals surface area contributed by atoms with E-state index in [0.717, 1.165) is 12.1 Å². The number of nitrogens with one attached hydrogen (secondary N) is 1. The summed E-state index contributed by atoms with van der Waals surface area (Å²) >= 11 is 0. The van der Waals surface area contributed by atoms with E-state index in [1.807, 2.05) is 13.8 Å². The molecule has 1 rings (SSSR count). The lowest BCUT2D eigenvalue weighted by atomic mass is 9.90. The topological polar surface area (TPSA) is 56.1 Å². The van der Waals surface area contributed by atoms with Crippen LogP contribution < -0.4 is 5.32 Å². The summed E-state index contributed by atoms with van der Waals surface area (Å²) in [6.45, 7) is 5.72. The predicted octanol–water partition coefficient (Wildman–Crippen LogP) is 3.19. The first kappa shape index (κ1) is 20.0. The third kappa shape index (κ3) is 5.53. The van der Waals surface area contributed by atoms with Gasteiger partial charge < -0.3 is 5.32 Å². The number of nitriles is 1. The van der Waals surface area contributed by atoms with E-state index in [9.17, 15) is 23.2 Å². The first-order chi connectivity index (χ1) is 11.0. The first-order valence-corrected chi connectivity index (χ1v) is 7.55. The van der Waals surface area contributed by atoms with Crippen LogP contribution in [0.2, 0.25) is 0 Å². The summed E-state index contributed by atoms with van der Waals surface area (Å²) in [5.74, 6) is -0.353. The van der Waals surface area contributed by atoms with Crippen molar-refractivity contribution < 1.29 is 18.0 Å². The van der Waals surface area contributed by atoms with Crippen LogP contribution in [0.3, 0.4) is 0 Å². The van der Waals surface area contributed by atoms with Crippen LogP contribution in [0.25, 0.3) is 0 Å². The van der Waals surface area contributed by atoms with Crippen LogP contribution in [-0.4, -0.2) is 29.9 Å². The molecular formula is C17H22F3N3O. The quantitative estimate of drug-likeness (QED) is 0.864. The zero-order chi connectivity index (χ0) is 18.5. The van der Waals surface area contributed by atoms with E-state index in [1.165, 1.54) is 12.1 Å². The van der Waals surface area contributed by atoms with E-state index < -0.39 is 17.3 Å². The summed E-state index contributed by atoms with van der Waals surface area (Å²) in [5, 5.41) is 11.9. The molecule has 1 unspecified atom stereocenters. The van der Waals surface area contributed by atoms with Crippen LogP contribution in [0.15, 0.2) is 24.3 Å². The number of hydrogen-bond acceptors (Lipinski definition) is 3. The fourth-order valence-corrected chi connectivity index (χ4v) is 2.04. The predicted molar refractivity (Wildman–Crippen MR) is 84.8 cm³/mol. The number of carbonyl (C=O) groups excluding carboxylic acids is 1. The molecule has 0 bridgehead atoms. The Morgan fingerprint density at radius 2 is 1.83 bits per heavy atom. The lowest BCUT2D eigenvalue weighted by Gasteiger charge is -2.28. The highest BCUT2D eigenvalue weighted by atomic mass is 19.4. The summed E-state index contributed by atoms with van der Waals surface area (Å²) in [4.78, 5) is 13.7. The summed E-state index contributed by atoms with van der Waals surface area (Å²) in [5.41, 5.74) is -0.981. The highest BCUT2D eigenvalue weighted by Gasteiger charge is 2.31. The van der Waals surface area contributed by atoms with Gasteiger partial charge in [0, 0.05) is 6.54 Å². The van der Waals surface area contributed by atoms with Gasteiger partial charge in [0.05, 0.1) is 18.2 Å². The van der Waals surface area contributed by atoms with Gasteiger partial charge in [-0.2, -0.15) is 18.4 Å². The van der Waals surface area contributed by atoms with Crippen molar-refractivity contribution in [1.82, 2.24) is 10.2 Å². The average Bonchev–Trinajstić information content (AvgIpc) is 2.46. The van der Waals surface area contributed by atoms with E-state index in [1.54, 1.807) is 18.9 Å². The lowest BCUT2D eigenvalue weighted by Crippen LogP contribution is -2.51. The number of carbonyl (C=O) groups is 1. The average molecular weight is 341 g/mol. The maximum Gasteiger partial charge on any atom is 0.416 e. The van der Waals surface area contributed by atoms with E-state index in [0.29, 0.717) is 12.1 Å². The molecular weight excluding hydrogens is 319 g/mol. The molecule has 0 aliphatic carbocycles. The Balaban J connectivity index is 2.62. The highest BCUT2D eigenvalue weighted by molar-refractivity contribution is 5.79. The molecule has 1 aromatic rings. The number of alkyl halides is 3. The number of amides is 1. The van der Waals surface area contributed by atoms with Gasteiger partial charge in [0.1, 0.15) is 5.54 Å².